The summed E-state index contributed by atoms with van der Waals surface area (Å²) in [7, 11) is 0. The van der Waals surface area contributed by atoms with Crippen molar-refractivity contribution in [3.05, 3.63) is 60.8 Å². The van der Waals surface area contributed by atoms with E-state index < -0.39 is 67.5 Å². The molecule has 0 spiro atoms. The molecule has 19 nitrogen and oxygen atoms in total. The van der Waals surface area contributed by atoms with Crippen LogP contribution in [0.5, 0.6) is 0 Å². The van der Waals surface area contributed by atoms with Crippen molar-refractivity contribution in [1.82, 2.24) is 0 Å². The number of aliphatic carboxylic acids is 5. The lowest BCUT2D eigenvalue weighted by Gasteiger charge is -2.24. The van der Waals surface area contributed by atoms with Crippen LogP contribution in [0, 0.1) is 0 Å². The zero-order valence-electron chi connectivity index (χ0n) is 77.6. The summed E-state index contributed by atoms with van der Waals surface area (Å²) >= 11 is 0. The molecule has 119 heavy (non-hydrogen) atoms. The Morgan fingerprint density at radius 1 is 0.210 bits per heavy atom. The molecule has 0 saturated carbocycles. The van der Waals surface area contributed by atoms with Crippen molar-refractivity contribution < 1.29 is 95.1 Å². The summed E-state index contributed by atoms with van der Waals surface area (Å²) in [5, 5.41) is 111. The van der Waals surface area contributed by atoms with Crippen LogP contribution in [0.4, 0.5) is 0 Å². The SMILES string of the molecule is CCCCCCCC/C=C\CCCCCCCC(=O)O.CCCCCCCC/C=C\CCCCCCCC(=O)O.CCCCCCCC/C=C\CCCCCCCC(=O)O.CCCCCCCC/C=C\CCCCCCCC(=O)O.CCCCCCCC/C=C\CCCCCCCC(=O)O.OCCOCCO.OC[C@@H](O)[C@@H](O)[C@H](O)[C@@H](O)CO. The van der Waals surface area contributed by atoms with Crippen LogP contribution in [0.1, 0.15) is 484 Å². The number of aliphatic hydroxyl groups excluding tert-OH is 8. The van der Waals surface area contributed by atoms with Gasteiger partial charge in [-0.1, -0.05) is 352 Å². The number of unbranched alkanes of at least 4 members (excludes halogenated alkanes) is 55. The second-order valence-electron chi connectivity index (χ2n) is 32.2. The molecule has 0 unspecified atom stereocenters. The lowest BCUT2D eigenvalue weighted by atomic mass is 10.0. The average Bonchev–Trinajstić information content (AvgIpc) is 0.907. The van der Waals surface area contributed by atoms with Gasteiger partial charge in [-0.05, 0) is 161 Å². The largest absolute Gasteiger partial charge is 0.481 e. The number of aliphatic hydroxyl groups is 8. The number of hydrogen-bond acceptors (Lipinski definition) is 14. The van der Waals surface area contributed by atoms with Gasteiger partial charge in [-0.25, -0.2) is 0 Å². The van der Waals surface area contributed by atoms with Gasteiger partial charge < -0.3 is 71.1 Å². The summed E-state index contributed by atoms with van der Waals surface area (Å²) in [6.07, 6.45) is 99.8. The van der Waals surface area contributed by atoms with Crippen molar-refractivity contribution in [3.63, 3.8) is 0 Å². The van der Waals surface area contributed by atoms with E-state index in [2.05, 4.69) is 100 Å². The fourth-order valence-electron chi connectivity index (χ4n) is 12.6. The first-order valence-electron chi connectivity index (χ1n) is 48.9. The monoisotopic (exact) mass is 1700 g/mol. The topological polar surface area (TPSA) is 358 Å². The van der Waals surface area contributed by atoms with Crippen molar-refractivity contribution >= 4 is 29.8 Å². The van der Waals surface area contributed by atoms with Gasteiger partial charge in [-0.2, -0.15) is 0 Å². The Balaban J connectivity index is -0.000000250. The highest BCUT2D eigenvalue weighted by Crippen LogP contribution is 2.17. The number of rotatable bonds is 84. The van der Waals surface area contributed by atoms with Crippen molar-refractivity contribution in [3.8, 4) is 0 Å². The van der Waals surface area contributed by atoms with Crippen molar-refractivity contribution in [2.75, 3.05) is 39.6 Å². The molecule has 0 saturated heterocycles. The fourth-order valence-corrected chi connectivity index (χ4v) is 12.6. The zero-order chi connectivity index (χ0) is 89.7. The van der Waals surface area contributed by atoms with Gasteiger partial charge in [0.05, 0.1) is 39.6 Å². The van der Waals surface area contributed by atoms with E-state index in [0.717, 1.165) is 64.2 Å². The minimum absolute atomic E-state index is 0.0278. The van der Waals surface area contributed by atoms with Crippen LogP contribution < -0.4 is 0 Å². The van der Waals surface area contributed by atoms with Gasteiger partial charge >= 0.3 is 29.8 Å². The molecule has 0 fully saturated rings. The van der Waals surface area contributed by atoms with Gasteiger partial charge in [0.2, 0.25) is 0 Å². The van der Waals surface area contributed by atoms with Crippen LogP contribution >= 0.6 is 0 Å². The summed E-state index contributed by atoms with van der Waals surface area (Å²) < 4.78 is 4.63. The third-order valence-corrected chi connectivity index (χ3v) is 20.2. The van der Waals surface area contributed by atoms with Gasteiger partial charge in [-0.3, -0.25) is 24.0 Å². The fraction of sp³-hybridized carbons (Fsp3) is 0.850. The van der Waals surface area contributed by atoms with Crippen molar-refractivity contribution in [2.24, 2.45) is 0 Å². The van der Waals surface area contributed by atoms with Crippen molar-refractivity contribution in [2.45, 2.75) is 508 Å². The number of ether oxygens (including phenoxy) is 1. The van der Waals surface area contributed by atoms with Crippen LogP contribution in [0.25, 0.3) is 0 Å². The average molecular weight is 1700 g/mol. The molecule has 13 N–H and O–H groups in total. The second kappa shape index (κ2) is 120. The molecule has 0 aliphatic heterocycles. The molecule has 4 atom stereocenters. The Hall–Kier alpha value is -4.31. The molecule has 0 aromatic heterocycles. The Kier molecular flexibility index (Phi) is 129. The molecular formula is C100H194O19. The van der Waals surface area contributed by atoms with E-state index in [9.17, 15) is 24.0 Å². The Morgan fingerprint density at radius 2 is 0.336 bits per heavy atom. The molecule has 19 heteroatoms. The predicted molar refractivity (Wildman–Crippen MR) is 499 cm³/mol. The van der Waals surface area contributed by atoms with Gasteiger partial charge in [-0.15, -0.1) is 0 Å². The zero-order valence-corrected chi connectivity index (χ0v) is 77.6. The van der Waals surface area contributed by atoms with E-state index in [1.54, 1.807) is 0 Å². The molecule has 0 aliphatic carbocycles. The molecule has 708 valence electrons. The van der Waals surface area contributed by atoms with E-state index in [1.807, 2.05) is 0 Å². The maximum Gasteiger partial charge on any atom is 0.303 e. The van der Waals surface area contributed by atoms with E-state index >= 15 is 0 Å². The molecule has 0 bridgehead atoms. The predicted octanol–water partition coefficient (Wildman–Crippen LogP) is 25.9. The summed E-state index contributed by atoms with van der Waals surface area (Å²) in [4.78, 5) is 51.6. The maximum atomic E-state index is 10.3. The van der Waals surface area contributed by atoms with Crippen LogP contribution in [-0.2, 0) is 28.7 Å². The van der Waals surface area contributed by atoms with E-state index in [-0.39, 0.29) is 13.2 Å². The highest BCUT2D eigenvalue weighted by molar-refractivity contribution is 5.67. The first kappa shape index (κ1) is 128. The number of hydrogen-bond donors (Lipinski definition) is 13. The Bertz CT molecular complexity index is 1790. The van der Waals surface area contributed by atoms with E-state index in [4.69, 9.17) is 66.4 Å². The van der Waals surface area contributed by atoms with Gasteiger partial charge in [0.25, 0.3) is 0 Å². The van der Waals surface area contributed by atoms with Crippen molar-refractivity contribution in [1.29, 1.82) is 0 Å². The molecule has 0 aromatic rings. The Labute approximate surface area is 730 Å². The molecule has 0 rings (SSSR count). The molecular weight excluding hydrogens is 1510 g/mol. The minimum Gasteiger partial charge on any atom is -0.481 e. The third kappa shape index (κ3) is 140. The minimum atomic E-state index is -1.67. The molecule has 0 heterocycles. The quantitative estimate of drug-likeness (QED) is 0.0199. The number of carbonyl (C=O) groups is 5. The van der Waals surface area contributed by atoms with Gasteiger partial charge in [0.15, 0.2) is 0 Å². The number of allylic oxidation sites excluding steroid dienone is 10. The summed E-state index contributed by atoms with van der Waals surface area (Å²) in [6, 6.07) is 0. The molecule has 0 aliphatic rings. The van der Waals surface area contributed by atoms with Crippen LogP contribution in [-0.4, -0.2) is 160 Å². The van der Waals surface area contributed by atoms with Crippen LogP contribution in [0.3, 0.4) is 0 Å². The molecule has 0 amide bonds. The summed E-state index contributed by atoms with van der Waals surface area (Å²) in [5.41, 5.74) is 0. The molecule has 0 radical (unpaired) electrons. The summed E-state index contributed by atoms with van der Waals surface area (Å²) in [6.45, 7) is 10.5. The standard InChI is InChI=1S/5C18H34O2.C6H14O6.C4H10O3/c5*1-2-3-4-5-6-7-8-9-10-11-12-13-14-15-16-17-18(19)20;7-1-3(9)5(11)6(12)4(10)2-8;5-1-3-7-4-2-6/h5*9-10H,2-8,11-17H2,1H3,(H,19,20);3-12H,1-2H2;5-6H,1-4H2/b5*10-9-;;/t;;;;;3-,4+,5-,6-;/m.....1./s1. The van der Waals surface area contributed by atoms with Crippen LogP contribution in [0.15, 0.2) is 60.8 Å². The second-order valence-corrected chi connectivity index (χ2v) is 32.2. The van der Waals surface area contributed by atoms with Gasteiger partial charge in [0, 0.05) is 32.1 Å². The smallest absolute Gasteiger partial charge is 0.303 e. The van der Waals surface area contributed by atoms with E-state index in [1.165, 1.54) is 353 Å². The summed E-state index contributed by atoms with van der Waals surface area (Å²) in [5.74, 6) is -3.32. The Morgan fingerprint density at radius 3 is 0.454 bits per heavy atom. The third-order valence-electron chi connectivity index (χ3n) is 20.2. The maximum absolute atomic E-state index is 10.3. The first-order valence-corrected chi connectivity index (χ1v) is 48.9. The first-order chi connectivity index (χ1) is 57.8. The molecule has 0 aromatic carbocycles. The highest BCUT2D eigenvalue weighted by atomic mass is 16.5. The highest BCUT2D eigenvalue weighted by Gasteiger charge is 2.29. The van der Waals surface area contributed by atoms with Crippen LogP contribution in [0.2, 0.25) is 0 Å². The normalized spacial score (nSPS) is 12.2. The lowest BCUT2D eigenvalue weighted by Crippen LogP contribution is -2.46. The number of carboxylic acids is 5. The lowest BCUT2D eigenvalue weighted by molar-refractivity contribution is -0.138. The number of carboxylic acid groups (broad SMARTS) is 5. The van der Waals surface area contributed by atoms with E-state index in [0.29, 0.717) is 45.3 Å². The van der Waals surface area contributed by atoms with Gasteiger partial charge in [0.1, 0.15) is 24.4 Å².